The molecule has 0 atom stereocenters. The third kappa shape index (κ3) is 4.53. The van der Waals surface area contributed by atoms with Gasteiger partial charge in [-0.1, -0.05) is 44.7 Å². The fourth-order valence-corrected chi connectivity index (χ4v) is 4.43. The Morgan fingerprint density at radius 2 is 2.21 bits per heavy atom. The quantitative estimate of drug-likeness (QED) is 0.509. The van der Waals surface area contributed by atoms with Crippen molar-refractivity contribution in [1.82, 2.24) is 24.9 Å². The number of aromatic amines is 1. The van der Waals surface area contributed by atoms with E-state index in [1.165, 1.54) is 11.9 Å². The van der Waals surface area contributed by atoms with Crippen LogP contribution in [0.4, 0.5) is 0 Å². The number of nitrogens with zero attached hydrogens (tertiary/aromatic N) is 4. The molecule has 3 aromatic heterocycles. The molecule has 0 radical (unpaired) electrons. The van der Waals surface area contributed by atoms with Gasteiger partial charge in [0.15, 0.2) is 5.69 Å². The molecule has 0 spiro atoms. The highest BCUT2D eigenvalue weighted by molar-refractivity contribution is 5.63. The number of aryl methyl sites for hydroxylation is 2. The molecule has 4 rings (SSSR count). The molecule has 0 aromatic carbocycles. The lowest BCUT2D eigenvalue weighted by molar-refractivity contribution is 0.305. The van der Waals surface area contributed by atoms with Crippen molar-refractivity contribution >= 4 is 0 Å². The second kappa shape index (κ2) is 9.29. The predicted molar refractivity (Wildman–Crippen MR) is 133 cm³/mol. The van der Waals surface area contributed by atoms with E-state index in [1.54, 1.807) is 6.08 Å². The van der Waals surface area contributed by atoms with Crippen LogP contribution in [0, 0.1) is 12.3 Å². The predicted octanol–water partition coefficient (Wildman–Crippen LogP) is 4.26. The van der Waals surface area contributed by atoms with E-state index in [2.05, 4.69) is 35.6 Å². The van der Waals surface area contributed by atoms with Crippen LogP contribution in [0.2, 0.25) is 0 Å². The van der Waals surface area contributed by atoms with Crippen LogP contribution < -0.4 is 11.3 Å². The second-order valence-corrected chi connectivity index (χ2v) is 9.54. The van der Waals surface area contributed by atoms with Crippen LogP contribution >= 0.6 is 0 Å². The fourth-order valence-electron chi connectivity index (χ4n) is 4.43. The number of nitrogens with two attached hydrogens (primary N) is 1. The third-order valence-electron chi connectivity index (χ3n) is 6.45. The Morgan fingerprint density at radius 3 is 2.91 bits per heavy atom. The van der Waals surface area contributed by atoms with Crippen LogP contribution in [0.1, 0.15) is 49.7 Å². The highest BCUT2D eigenvalue weighted by Gasteiger charge is 2.33. The summed E-state index contributed by atoms with van der Waals surface area (Å²) in [7, 11) is 0. The van der Waals surface area contributed by atoms with Crippen molar-refractivity contribution < 1.29 is 4.52 Å². The first-order valence-electron chi connectivity index (χ1n) is 11.6. The normalized spacial score (nSPS) is 15.6. The second-order valence-electron chi connectivity index (χ2n) is 9.54. The van der Waals surface area contributed by atoms with Gasteiger partial charge in [0.25, 0.3) is 11.4 Å². The van der Waals surface area contributed by atoms with E-state index in [1.807, 2.05) is 36.7 Å². The molecular weight excluding hydrogens is 428 g/mol. The van der Waals surface area contributed by atoms with Gasteiger partial charge in [-0.15, -0.1) is 0 Å². The first-order chi connectivity index (χ1) is 16.3. The van der Waals surface area contributed by atoms with Gasteiger partial charge in [-0.25, -0.2) is 0 Å². The highest BCUT2D eigenvalue weighted by Crippen LogP contribution is 2.39. The molecule has 8 heteroatoms. The minimum Gasteiger partial charge on any atom is -0.405 e. The number of rotatable bonds is 7. The SMILES string of the molecule is C=C/C(=C\C=C/N)Cn1nc(-c2nc(-c3cc(CC)c(=O)[nH]c3C)no2)c2c1CC(C)(C)CC2. The molecule has 0 unspecified atom stereocenters. The number of allylic oxidation sites excluding steroid dienone is 4. The molecule has 0 amide bonds. The number of fused-ring (bicyclic) bond motifs is 1. The fraction of sp³-hybridized carbons (Fsp3) is 0.385. The van der Waals surface area contributed by atoms with Crippen molar-refractivity contribution in [2.45, 2.75) is 59.9 Å². The lowest BCUT2D eigenvalue weighted by Crippen LogP contribution is -2.24. The molecule has 0 fully saturated rings. The van der Waals surface area contributed by atoms with Crippen LogP contribution in [0.15, 0.2) is 52.0 Å². The molecule has 0 bridgehead atoms. The zero-order valence-electron chi connectivity index (χ0n) is 20.3. The van der Waals surface area contributed by atoms with Gasteiger partial charge in [0, 0.05) is 28.1 Å². The Kier molecular flexibility index (Phi) is 6.41. The van der Waals surface area contributed by atoms with Gasteiger partial charge >= 0.3 is 0 Å². The first kappa shape index (κ1) is 23.5. The van der Waals surface area contributed by atoms with E-state index < -0.39 is 0 Å². The topological polar surface area (TPSA) is 116 Å². The van der Waals surface area contributed by atoms with Gasteiger partial charge in [0.05, 0.1) is 6.54 Å². The van der Waals surface area contributed by atoms with E-state index in [-0.39, 0.29) is 11.0 Å². The molecular formula is C26H32N6O2. The van der Waals surface area contributed by atoms with Gasteiger partial charge in [0.1, 0.15) is 0 Å². The van der Waals surface area contributed by atoms with Crippen LogP contribution in [0.25, 0.3) is 23.0 Å². The van der Waals surface area contributed by atoms with Crippen LogP contribution in [-0.2, 0) is 25.8 Å². The highest BCUT2D eigenvalue weighted by atomic mass is 16.5. The van der Waals surface area contributed by atoms with Crippen LogP contribution in [0.5, 0.6) is 0 Å². The molecule has 8 nitrogen and oxygen atoms in total. The number of pyridine rings is 1. The average molecular weight is 461 g/mol. The van der Waals surface area contributed by atoms with Crippen LogP contribution in [-0.4, -0.2) is 24.9 Å². The maximum atomic E-state index is 12.1. The Balaban J connectivity index is 1.78. The molecule has 0 aliphatic heterocycles. The van der Waals surface area contributed by atoms with Crippen molar-refractivity contribution in [3.8, 4) is 23.0 Å². The monoisotopic (exact) mass is 460 g/mol. The number of hydrogen-bond donors (Lipinski definition) is 2. The average Bonchev–Trinajstić information content (AvgIpc) is 3.41. The Labute approximate surface area is 199 Å². The number of H-pyrrole nitrogens is 1. The van der Waals surface area contributed by atoms with Gasteiger partial charge in [-0.2, -0.15) is 10.1 Å². The summed E-state index contributed by atoms with van der Waals surface area (Å²) in [5, 5.41) is 9.14. The van der Waals surface area contributed by atoms with Gasteiger partial charge in [-0.05, 0) is 61.9 Å². The smallest absolute Gasteiger partial charge is 0.279 e. The molecule has 3 N–H and O–H groups in total. The maximum absolute atomic E-state index is 12.1. The molecule has 0 saturated carbocycles. The summed E-state index contributed by atoms with van der Waals surface area (Å²) in [6.45, 7) is 12.9. The lowest BCUT2D eigenvalue weighted by atomic mass is 9.76. The summed E-state index contributed by atoms with van der Waals surface area (Å²) in [5.74, 6) is 0.831. The van der Waals surface area contributed by atoms with E-state index in [4.69, 9.17) is 15.4 Å². The van der Waals surface area contributed by atoms with Crippen molar-refractivity contribution in [3.63, 3.8) is 0 Å². The van der Waals surface area contributed by atoms with E-state index in [0.717, 1.165) is 41.7 Å². The van der Waals surface area contributed by atoms with Gasteiger partial charge in [0.2, 0.25) is 5.82 Å². The standard InChI is InChI=1S/C26H32N6O2/c1-6-17(9-8-12-27)15-32-21-14-26(4,5)11-10-19(21)22(30-32)25-29-23(31-34-25)20-13-18(7-2)24(33)28-16(20)3/h6,8-9,12-13H,1,7,10-11,14-15,27H2,2-5H3,(H,28,33)/b12-8-,17-9+. The van der Waals surface area contributed by atoms with Gasteiger partial charge < -0.3 is 15.2 Å². The summed E-state index contributed by atoms with van der Waals surface area (Å²) in [4.78, 5) is 19.7. The van der Waals surface area contributed by atoms with E-state index in [0.29, 0.717) is 35.9 Å². The lowest BCUT2D eigenvalue weighted by Gasteiger charge is -2.30. The van der Waals surface area contributed by atoms with Crippen molar-refractivity contribution in [1.29, 1.82) is 0 Å². The first-order valence-corrected chi connectivity index (χ1v) is 11.6. The zero-order chi connectivity index (χ0) is 24.5. The minimum absolute atomic E-state index is 0.0848. The summed E-state index contributed by atoms with van der Waals surface area (Å²) < 4.78 is 7.72. The largest absolute Gasteiger partial charge is 0.405 e. The van der Waals surface area contributed by atoms with E-state index in [9.17, 15) is 4.79 Å². The molecule has 1 aliphatic carbocycles. The molecule has 3 aromatic rings. The molecule has 34 heavy (non-hydrogen) atoms. The van der Waals surface area contributed by atoms with Gasteiger partial charge in [-0.3, -0.25) is 9.48 Å². The number of hydrogen-bond acceptors (Lipinski definition) is 6. The number of aromatic nitrogens is 5. The molecule has 0 saturated heterocycles. The minimum atomic E-state index is -0.0848. The van der Waals surface area contributed by atoms with Crippen molar-refractivity contribution in [2.75, 3.05) is 0 Å². The Bertz CT molecular complexity index is 1340. The summed E-state index contributed by atoms with van der Waals surface area (Å²) in [6.07, 6.45) is 10.5. The zero-order valence-corrected chi connectivity index (χ0v) is 20.3. The molecule has 178 valence electrons. The summed E-state index contributed by atoms with van der Waals surface area (Å²) in [5.41, 5.74) is 11.8. The Hall–Kier alpha value is -3.68. The number of nitrogens with one attached hydrogen (secondary N) is 1. The van der Waals surface area contributed by atoms with E-state index >= 15 is 0 Å². The Morgan fingerprint density at radius 1 is 1.41 bits per heavy atom. The van der Waals surface area contributed by atoms with Crippen LogP contribution in [0.3, 0.4) is 0 Å². The summed E-state index contributed by atoms with van der Waals surface area (Å²) in [6, 6.07) is 1.84. The van der Waals surface area contributed by atoms with Crippen molar-refractivity contribution in [2.24, 2.45) is 11.1 Å². The van der Waals surface area contributed by atoms with Crippen molar-refractivity contribution in [3.05, 3.63) is 75.5 Å². The molecule has 1 aliphatic rings. The third-order valence-corrected chi connectivity index (χ3v) is 6.45. The molecule has 3 heterocycles. The maximum Gasteiger partial charge on any atom is 0.279 e. The summed E-state index contributed by atoms with van der Waals surface area (Å²) >= 11 is 0.